The average Bonchev–Trinajstić information content (AvgIpc) is 2.41. The lowest BCUT2D eigenvalue weighted by Gasteiger charge is -2.25. The van der Waals surface area contributed by atoms with Gasteiger partial charge in [-0.25, -0.2) is 4.39 Å². The van der Waals surface area contributed by atoms with Crippen LogP contribution in [0.5, 0.6) is 0 Å². The summed E-state index contributed by atoms with van der Waals surface area (Å²) in [6.07, 6.45) is -0.409. The highest BCUT2D eigenvalue weighted by atomic mass is 19.1. The van der Waals surface area contributed by atoms with Gasteiger partial charge in [0.2, 0.25) is 0 Å². The molecule has 2 rings (SSSR count). The molecule has 0 aromatic heterocycles. The topological polar surface area (TPSA) is 35.5 Å². The van der Waals surface area contributed by atoms with Crippen LogP contribution in [0.4, 0.5) is 10.1 Å². The minimum atomic E-state index is -0.409. The maximum Gasteiger partial charge on any atom is 0.125 e. The minimum Gasteiger partial charge on any atom is -0.390 e. The van der Waals surface area contributed by atoms with Crippen molar-refractivity contribution in [3.05, 3.63) is 30.1 Å². The first kappa shape index (κ1) is 11.4. The minimum absolute atomic E-state index is 0.239. The number of aliphatic hydroxyl groups is 1. The fourth-order valence-corrected chi connectivity index (χ4v) is 2.01. The van der Waals surface area contributed by atoms with Gasteiger partial charge in [-0.1, -0.05) is 6.07 Å². The molecule has 88 valence electrons. The smallest absolute Gasteiger partial charge is 0.125 e. The van der Waals surface area contributed by atoms with E-state index in [9.17, 15) is 9.50 Å². The van der Waals surface area contributed by atoms with Gasteiger partial charge in [-0.15, -0.1) is 0 Å². The highest BCUT2D eigenvalue weighted by molar-refractivity contribution is 5.47. The van der Waals surface area contributed by atoms with E-state index >= 15 is 0 Å². The van der Waals surface area contributed by atoms with Crippen molar-refractivity contribution >= 4 is 5.69 Å². The highest BCUT2D eigenvalue weighted by Crippen LogP contribution is 2.17. The third kappa shape index (κ3) is 2.71. The number of rotatable bonds is 1. The van der Waals surface area contributed by atoms with E-state index in [0.717, 1.165) is 12.2 Å². The largest absolute Gasteiger partial charge is 0.390 e. The van der Waals surface area contributed by atoms with Crippen molar-refractivity contribution in [1.82, 2.24) is 5.32 Å². The van der Waals surface area contributed by atoms with Gasteiger partial charge in [-0.3, -0.25) is 0 Å². The summed E-state index contributed by atoms with van der Waals surface area (Å²) in [5.41, 5.74) is 0.828. The fraction of sp³-hybridized carbons (Fsp3) is 0.500. The van der Waals surface area contributed by atoms with Gasteiger partial charge in [0, 0.05) is 31.4 Å². The Morgan fingerprint density at radius 2 is 2.25 bits per heavy atom. The first-order valence-electron chi connectivity index (χ1n) is 5.57. The van der Waals surface area contributed by atoms with Crippen LogP contribution in [0.1, 0.15) is 6.92 Å². The fourth-order valence-electron chi connectivity index (χ4n) is 2.01. The van der Waals surface area contributed by atoms with E-state index in [-0.39, 0.29) is 5.82 Å². The predicted molar refractivity (Wildman–Crippen MR) is 62.1 cm³/mol. The Morgan fingerprint density at radius 1 is 1.44 bits per heavy atom. The van der Waals surface area contributed by atoms with E-state index < -0.39 is 6.10 Å². The van der Waals surface area contributed by atoms with Crippen molar-refractivity contribution in [1.29, 1.82) is 0 Å². The number of aliphatic hydroxyl groups excluding tert-OH is 1. The van der Waals surface area contributed by atoms with Crippen molar-refractivity contribution < 1.29 is 9.50 Å². The van der Waals surface area contributed by atoms with Crippen LogP contribution in [0.25, 0.3) is 0 Å². The SMILES string of the molecule is CC1CN(c2cccc(F)c2)CC(O)CN1. The third-order valence-corrected chi connectivity index (χ3v) is 2.80. The van der Waals surface area contributed by atoms with E-state index in [1.54, 1.807) is 6.07 Å². The number of halogens is 1. The summed E-state index contributed by atoms with van der Waals surface area (Å²) in [6.45, 7) is 3.97. The molecule has 3 nitrogen and oxygen atoms in total. The van der Waals surface area contributed by atoms with Gasteiger partial charge < -0.3 is 15.3 Å². The Labute approximate surface area is 94.9 Å². The molecule has 0 radical (unpaired) electrons. The molecule has 1 fully saturated rings. The Kier molecular flexibility index (Phi) is 3.41. The van der Waals surface area contributed by atoms with Crippen molar-refractivity contribution in [2.75, 3.05) is 24.5 Å². The Balaban J connectivity index is 2.18. The summed E-state index contributed by atoms with van der Waals surface area (Å²) in [4.78, 5) is 2.01. The van der Waals surface area contributed by atoms with Crippen LogP contribution in [0, 0.1) is 5.82 Å². The Morgan fingerprint density at radius 3 is 3.00 bits per heavy atom. The zero-order valence-electron chi connectivity index (χ0n) is 9.36. The second-order valence-corrected chi connectivity index (χ2v) is 4.35. The van der Waals surface area contributed by atoms with Crippen molar-refractivity contribution in [3.63, 3.8) is 0 Å². The van der Waals surface area contributed by atoms with Crippen molar-refractivity contribution in [2.45, 2.75) is 19.1 Å². The lowest BCUT2D eigenvalue weighted by molar-refractivity contribution is 0.183. The van der Waals surface area contributed by atoms with Crippen molar-refractivity contribution in [3.8, 4) is 0 Å². The second kappa shape index (κ2) is 4.80. The number of benzene rings is 1. The molecular weight excluding hydrogens is 207 g/mol. The number of nitrogens with zero attached hydrogens (tertiary/aromatic N) is 1. The van der Waals surface area contributed by atoms with E-state index in [2.05, 4.69) is 12.2 Å². The molecule has 2 N–H and O–H groups in total. The van der Waals surface area contributed by atoms with Crippen LogP contribution in [0.2, 0.25) is 0 Å². The zero-order chi connectivity index (χ0) is 11.5. The lowest BCUT2D eigenvalue weighted by atomic mass is 10.2. The van der Waals surface area contributed by atoms with Gasteiger partial charge in [-0.05, 0) is 25.1 Å². The summed E-state index contributed by atoms with van der Waals surface area (Å²) < 4.78 is 13.1. The Bertz CT molecular complexity index is 347. The molecule has 1 aromatic rings. The normalized spacial score (nSPS) is 26.6. The van der Waals surface area contributed by atoms with Crippen molar-refractivity contribution in [2.24, 2.45) is 0 Å². The van der Waals surface area contributed by atoms with E-state index in [0.29, 0.717) is 19.1 Å². The van der Waals surface area contributed by atoms with Crippen LogP contribution in [0.3, 0.4) is 0 Å². The summed E-state index contributed by atoms with van der Waals surface area (Å²) >= 11 is 0. The molecule has 1 heterocycles. The quantitative estimate of drug-likeness (QED) is 0.746. The van der Waals surface area contributed by atoms with Crippen LogP contribution >= 0.6 is 0 Å². The summed E-state index contributed by atoms with van der Waals surface area (Å²) in [5, 5.41) is 12.9. The predicted octanol–water partition coefficient (Wildman–Crippen LogP) is 0.985. The molecule has 1 aliphatic heterocycles. The molecule has 0 saturated carbocycles. The Hall–Kier alpha value is -1.13. The molecule has 1 aromatic carbocycles. The standard InChI is InChI=1S/C12H17FN2O/c1-9-7-15(8-12(16)6-14-9)11-4-2-3-10(13)5-11/h2-5,9,12,14,16H,6-8H2,1H3. The first-order chi connectivity index (χ1) is 7.65. The summed E-state index contributed by atoms with van der Waals surface area (Å²) in [7, 11) is 0. The zero-order valence-corrected chi connectivity index (χ0v) is 9.36. The highest BCUT2D eigenvalue weighted by Gasteiger charge is 2.20. The third-order valence-electron chi connectivity index (χ3n) is 2.80. The van der Waals surface area contributed by atoms with Crippen LogP contribution in [0.15, 0.2) is 24.3 Å². The van der Waals surface area contributed by atoms with Gasteiger partial charge in [0.25, 0.3) is 0 Å². The molecule has 4 heteroatoms. The first-order valence-corrected chi connectivity index (χ1v) is 5.57. The second-order valence-electron chi connectivity index (χ2n) is 4.35. The van der Waals surface area contributed by atoms with Crippen LogP contribution in [-0.4, -0.2) is 36.9 Å². The number of β-amino-alcohol motifs (C(OH)–C–C–N with tert-alkyl or cyclic N) is 1. The molecular formula is C12H17FN2O. The lowest BCUT2D eigenvalue weighted by Crippen LogP contribution is -2.35. The van der Waals surface area contributed by atoms with Gasteiger partial charge >= 0.3 is 0 Å². The molecule has 1 aliphatic rings. The number of hydrogen-bond donors (Lipinski definition) is 2. The van der Waals surface area contributed by atoms with Gasteiger partial charge in [0.15, 0.2) is 0 Å². The van der Waals surface area contributed by atoms with Crippen LogP contribution in [-0.2, 0) is 0 Å². The van der Waals surface area contributed by atoms with Gasteiger partial charge in [0.05, 0.1) is 6.10 Å². The number of anilines is 1. The number of hydrogen-bond acceptors (Lipinski definition) is 3. The van der Waals surface area contributed by atoms with E-state index in [4.69, 9.17) is 0 Å². The number of nitrogens with one attached hydrogen (secondary N) is 1. The van der Waals surface area contributed by atoms with E-state index in [1.165, 1.54) is 12.1 Å². The molecule has 2 atom stereocenters. The molecule has 1 saturated heterocycles. The van der Waals surface area contributed by atoms with E-state index in [1.807, 2.05) is 11.0 Å². The molecule has 16 heavy (non-hydrogen) atoms. The molecule has 0 spiro atoms. The molecule has 0 aliphatic carbocycles. The molecule has 0 amide bonds. The van der Waals surface area contributed by atoms with Gasteiger partial charge in [-0.2, -0.15) is 0 Å². The summed E-state index contributed by atoms with van der Waals surface area (Å²) in [5.74, 6) is -0.239. The summed E-state index contributed by atoms with van der Waals surface area (Å²) in [6, 6.07) is 6.79. The maximum absolute atomic E-state index is 13.1. The maximum atomic E-state index is 13.1. The average molecular weight is 224 g/mol. The molecule has 0 bridgehead atoms. The van der Waals surface area contributed by atoms with Gasteiger partial charge in [0.1, 0.15) is 5.82 Å². The molecule has 2 unspecified atom stereocenters. The monoisotopic (exact) mass is 224 g/mol. The van der Waals surface area contributed by atoms with Crippen LogP contribution < -0.4 is 10.2 Å².